The number of rotatable bonds is 8. The minimum atomic E-state index is -0.215. The standard InChI is InChI=1S/C30H42O2/c1-4-6-7-8-24-20-31-30(32-21-24)27-15-13-26(14-16-27)29-18-17-28(19-22(29)3)25-11-9-23(5-2)10-12-25/h13-19,23-25,30H,4-12,20-21H2,1-3H3/t23?,24-,25?,30-. The summed E-state index contributed by atoms with van der Waals surface area (Å²) < 4.78 is 12.1. The predicted octanol–water partition coefficient (Wildman–Crippen LogP) is 8.59. The van der Waals surface area contributed by atoms with Crippen LogP contribution in [-0.4, -0.2) is 13.2 Å². The van der Waals surface area contributed by atoms with Crippen LogP contribution in [0.15, 0.2) is 42.5 Å². The zero-order valence-electron chi connectivity index (χ0n) is 20.4. The van der Waals surface area contributed by atoms with Crippen molar-refractivity contribution < 1.29 is 9.47 Å². The summed E-state index contributed by atoms with van der Waals surface area (Å²) in [5.41, 5.74) is 6.66. The van der Waals surface area contributed by atoms with Crippen LogP contribution in [0.4, 0.5) is 0 Å². The highest BCUT2D eigenvalue weighted by molar-refractivity contribution is 5.68. The molecule has 0 bridgehead atoms. The lowest BCUT2D eigenvalue weighted by Gasteiger charge is -2.30. The summed E-state index contributed by atoms with van der Waals surface area (Å²) in [4.78, 5) is 0. The van der Waals surface area contributed by atoms with Crippen molar-refractivity contribution in [2.75, 3.05) is 13.2 Å². The fourth-order valence-corrected chi connectivity index (χ4v) is 5.57. The van der Waals surface area contributed by atoms with Crippen LogP contribution in [0.25, 0.3) is 11.1 Å². The molecule has 2 fully saturated rings. The number of unbranched alkanes of at least 4 members (excludes halogenated alkanes) is 2. The van der Waals surface area contributed by atoms with E-state index in [2.05, 4.69) is 63.2 Å². The van der Waals surface area contributed by atoms with Gasteiger partial charge in [-0.2, -0.15) is 0 Å². The second kappa shape index (κ2) is 11.5. The van der Waals surface area contributed by atoms with Gasteiger partial charge in [-0.05, 0) is 73.1 Å². The molecule has 2 aromatic rings. The van der Waals surface area contributed by atoms with Gasteiger partial charge in [0.25, 0.3) is 0 Å². The van der Waals surface area contributed by atoms with Gasteiger partial charge in [0, 0.05) is 11.5 Å². The molecule has 0 aromatic heterocycles. The number of hydrogen-bond acceptors (Lipinski definition) is 2. The van der Waals surface area contributed by atoms with E-state index in [9.17, 15) is 0 Å². The maximum Gasteiger partial charge on any atom is 0.183 e. The Morgan fingerprint density at radius 2 is 1.47 bits per heavy atom. The molecule has 2 nitrogen and oxygen atoms in total. The van der Waals surface area contributed by atoms with Gasteiger partial charge < -0.3 is 9.47 Å². The maximum atomic E-state index is 6.05. The van der Waals surface area contributed by atoms with Crippen molar-refractivity contribution in [2.24, 2.45) is 11.8 Å². The van der Waals surface area contributed by atoms with Crippen LogP contribution < -0.4 is 0 Å². The highest BCUT2D eigenvalue weighted by Gasteiger charge is 2.24. The van der Waals surface area contributed by atoms with Gasteiger partial charge in [0.05, 0.1) is 13.2 Å². The van der Waals surface area contributed by atoms with Gasteiger partial charge in [-0.25, -0.2) is 0 Å². The summed E-state index contributed by atoms with van der Waals surface area (Å²) in [7, 11) is 0. The predicted molar refractivity (Wildman–Crippen MR) is 134 cm³/mol. The zero-order chi connectivity index (χ0) is 22.3. The molecule has 0 spiro atoms. The zero-order valence-corrected chi connectivity index (χ0v) is 20.4. The second-order valence-electron chi connectivity index (χ2n) is 10.2. The maximum absolute atomic E-state index is 6.05. The molecule has 1 saturated carbocycles. The van der Waals surface area contributed by atoms with E-state index in [1.165, 1.54) is 80.0 Å². The van der Waals surface area contributed by atoms with Crippen LogP contribution in [0.2, 0.25) is 0 Å². The Morgan fingerprint density at radius 3 is 2.09 bits per heavy atom. The number of ether oxygens (including phenoxy) is 2. The van der Waals surface area contributed by atoms with Crippen molar-refractivity contribution in [3.63, 3.8) is 0 Å². The lowest BCUT2D eigenvalue weighted by Crippen LogP contribution is -2.27. The summed E-state index contributed by atoms with van der Waals surface area (Å²) >= 11 is 0. The molecule has 1 saturated heterocycles. The van der Waals surface area contributed by atoms with Crippen molar-refractivity contribution in [1.82, 2.24) is 0 Å². The summed E-state index contributed by atoms with van der Waals surface area (Å²) in [6.45, 7) is 8.49. The van der Waals surface area contributed by atoms with E-state index < -0.39 is 0 Å². The van der Waals surface area contributed by atoms with Crippen LogP contribution >= 0.6 is 0 Å². The third kappa shape index (κ3) is 5.83. The first-order valence-electron chi connectivity index (χ1n) is 13.1. The molecule has 0 amide bonds. The minimum Gasteiger partial charge on any atom is -0.348 e. The Labute approximate surface area is 195 Å². The first-order chi connectivity index (χ1) is 15.7. The van der Waals surface area contributed by atoms with Crippen LogP contribution in [0.5, 0.6) is 0 Å². The summed E-state index contributed by atoms with van der Waals surface area (Å²) in [5.74, 6) is 2.25. The van der Waals surface area contributed by atoms with Gasteiger partial charge in [-0.3, -0.25) is 0 Å². The van der Waals surface area contributed by atoms with Gasteiger partial charge in [0.15, 0.2) is 6.29 Å². The average Bonchev–Trinajstić information content (AvgIpc) is 2.85. The Balaban J connectivity index is 1.35. The van der Waals surface area contributed by atoms with Gasteiger partial charge in [0.1, 0.15) is 0 Å². The fraction of sp³-hybridized carbons (Fsp3) is 0.600. The van der Waals surface area contributed by atoms with Crippen LogP contribution in [0.3, 0.4) is 0 Å². The summed E-state index contributed by atoms with van der Waals surface area (Å²) in [5, 5.41) is 0. The molecule has 0 radical (unpaired) electrons. The first kappa shape index (κ1) is 23.5. The summed E-state index contributed by atoms with van der Waals surface area (Å²) in [6, 6.07) is 16.0. The molecule has 0 N–H and O–H groups in total. The Hall–Kier alpha value is -1.64. The fourth-order valence-electron chi connectivity index (χ4n) is 5.57. The molecule has 0 atom stereocenters. The molecule has 2 aromatic carbocycles. The third-order valence-electron chi connectivity index (χ3n) is 7.82. The molecule has 1 aliphatic carbocycles. The van der Waals surface area contributed by atoms with E-state index in [4.69, 9.17) is 9.47 Å². The molecular weight excluding hydrogens is 392 g/mol. The summed E-state index contributed by atoms with van der Waals surface area (Å²) in [6.07, 6.45) is 11.7. The Bertz CT molecular complexity index is 824. The van der Waals surface area contributed by atoms with E-state index >= 15 is 0 Å². The van der Waals surface area contributed by atoms with Crippen molar-refractivity contribution in [1.29, 1.82) is 0 Å². The Morgan fingerprint density at radius 1 is 0.781 bits per heavy atom. The highest BCUT2D eigenvalue weighted by Crippen LogP contribution is 2.38. The average molecular weight is 435 g/mol. The van der Waals surface area contributed by atoms with Crippen molar-refractivity contribution in [3.05, 3.63) is 59.2 Å². The molecule has 2 aliphatic rings. The first-order valence-corrected chi connectivity index (χ1v) is 13.1. The Kier molecular flexibility index (Phi) is 8.43. The third-order valence-corrected chi connectivity index (χ3v) is 7.82. The SMILES string of the molecule is CCCCC[C@H]1CO[C@H](c2ccc(-c3ccc(C4CCC(CC)CC4)cc3C)cc2)OC1. The van der Waals surface area contributed by atoms with Crippen LogP contribution in [0.1, 0.15) is 101 Å². The topological polar surface area (TPSA) is 18.5 Å². The second-order valence-corrected chi connectivity index (χ2v) is 10.2. The molecule has 2 heteroatoms. The lowest BCUT2D eigenvalue weighted by atomic mass is 9.77. The van der Waals surface area contributed by atoms with Crippen molar-refractivity contribution >= 4 is 0 Å². The van der Waals surface area contributed by atoms with E-state index in [0.29, 0.717) is 5.92 Å². The monoisotopic (exact) mass is 434 g/mol. The van der Waals surface area contributed by atoms with Crippen molar-refractivity contribution in [2.45, 2.75) is 90.8 Å². The van der Waals surface area contributed by atoms with E-state index in [1.54, 1.807) is 0 Å². The number of aryl methyl sites for hydroxylation is 1. The van der Waals surface area contributed by atoms with Gasteiger partial charge in [-0.1, -0.05) is 82.0 Å². The van der Waals surface area contributed by atoms with Gasteiger partial charge in [0.2, 0.25) is 0 Å². The van der Waals surface area contributed by atoms with Gasteiger partial charge in [-0.15, -0.1) is 0 Å². The van der Waals surface area contributed by atoms with Gasteiger partial charge >= 0.3 is 0 Å². The highest BCUT2D eigenvalue weighted by atomic mass is 16.7. The van der Waals surface area contributed by atoms with E-state index in [1.807, 2.05) is 0 Å². The van der Waals surface area contributed by atoms with Crippen LogP contribution in [-0.2, 0) is 9.47 Å². The van der Waals surface area contributed by atoms with E-state index in [0.717, 1.165) is 30.6 Å². The quantitative estimate of drug-likeness (QED) is 0.387. The van der Waals surface area contributed by atoms with Crippen LogP contribution in [0, 0.1) is 18.8 Å². The number of hydrogen-bond donors (Lipinski definition) is 0. The normalized spacial score (nSPS) is 26.2. The molecule has 1 heterocycles. The largest absolute Gasteiger partial charge is 0.348 e. The van der Waals surface area contributed by atoms with Crippen molar-refractivity contribution in [3.8, 4) is 11.1 Å². The molecule has 4 rings (SSSR count). The smallest absolute Gasteiger partial charge is 0.183 e. The minimum absolute atomic E-state index is 0.215. The molecule has 1 aliphatic heterocycles. The molecule has 0 unspecified atom stereocenters. The molecule has 32 heavy (non-hydrogen) atoms. The lowest BCUT2D eigenvalue weighted by molar-refractivity contribution is -0.206. The number of benzene rings is 2. The molecule has 174 valence electrons. The molecular formula is C30H42O2. The van der Waals surface area contributed by atoms with E-state index in [-0.39, 0.29) is 6.29 Å².